The molecule has 0 spiro atoms. The van der Waals surface area contributed by atoms with Gasteiger partial charge in [-0.25, -0.2) is 0 Å². The molecule has 0 aliphatic heterocycles. The van der Waals surface area contributed by atoms with Crippen LogP contribution in [0.1, 0.15) is 52.0 Å². The molecular weight excluding hydrogens is 286 g/mol. The van der Waals surface area contributed by atoms with Crippen LogP contribution >= 0.6 is 15.9 Å². The lowest BCUT2D eigenvalue weighted by atomic mass is 9.87. The summed E-state index contributed by atoms with van der Waals surface area (Å²) in [5, 5.41) is 3.58. The molecule has 2 heteroatoms. The summed E-state index contributed by atoms with van der Waals surface area (Å²) in [4.78, 5) is 0. The molecule has 1 aromatic rings. The van der Waals surface area contributed by atoms with Crippen LogP contribution in [0.3, 0.4) is 0 Å². The second-order valence-electron chi connectivity index (χ2n) is 5.82. The van der Waals surface area contributed by atoms with Crippen LogP contribution in [0, 0.1) is 5.41 Å². The van der Waals surface area contributed by atoms with Gasteiger partial charge in [0.2, 0.25) is 0 Å². The molecule has 0 saturated heterocycles. The Hall–Kier alpha value is -0.340. The molecule has 0 aliphatic carbocycles. The van der Waals surface area contributed by atoms with Crippen molar-refractivity contribution in [3.63, 3.8) is 0 Å². The average Bonchev–Trinajstić information content (AvgIpc) is 2.32. The van der Waals surface area contributed by atoms with Gasteiger partial charge in [-0.15, -0.1) is 0 Å². The highest BCUT2D eigenvalue weighted by Gasteiger charge is 2.16. The monoisotopic (exact) mass is 311 g/mol. The zero-order chi connectivity index (χ0) is 13.4. The highest BCUT2D eigenvalue weighted by molar-refractivity contribution is 9.10. The smallest absolute Gasteiger partial charge is 0.0220 e. The molecule has 18 heavy (non-hydrogen) atoms. The fourth-order valence-corrected chi connectivity index (χ4v) is 2.54. The summed E-state index contributed by atoms with van der Waals surface area (Å²) in [6.45, 7) is 9.00. The summed E-state index contributed by atoms with van der Waals surface area (Å²) in [5.74, 6) is 0. The maximum Gasteiger partial charge on any atom is 0.0220 e. The minimum absolute atomic E-state index is 0.399. The first-order chi connectivity index (χ1) is 8.55. The highest BCUT2D eigenvalue weighted by Crippen LogP contribution is 2.23. The van der Waals surface area contributed by atoms with Gasteiger partial charge in [0.05, 0.1) is 0 Å². The number of halogens is 1. The molecule has 0 aliphatic rings. The van der Waals surface area contributed by atoms with Gasteiger partial charge in [-0.1, -0.05) is 74.2 Å². The van der Waals surface area contributed by atoms with Crippen molar-refractivity contribution in [3.05, 3.63) is 34.3 Å². The molecule has 0 saturated carbocycles. The molecule has 0 aromatic heterocycles. The summed E-state index contributed by atoms with van der Waals surface area (Å²) in [5.41, 5.74) is 1.73. The second kappa shape index (κ2) is 7.96. The van der Waals surface area contributed by atoms with Gasteiger partial charge in [0.15, 0.2) is 0 Å². The van der Waals surface area contributed by atoms with Crippen LogP contribution in [-0.2, 0) is 6.54 Å². The van der Waals surface area contributed by atoms with E-state index >= 15 is 0 Å². The Morgan fingerprint density at radius 1 is 1.17 bits per heavy atom. The van der Waals surface area contributed by atoms with Gasteiger partial charge in [-0.05, 0) is 23.5 Å². The predicted molar refractivity (Wildman–Crippen MR) is 83.8 cm³/mol. The summed E-state index contributed by atoms with van der Waals surface area (Å²) in [6, 6.07) is 8.42. The number of rotatable bonds is 8. The van der Waals surface area contributed by atoms with E-state index in [0.29, 0.717) is 5.41 Å². The fourth-order valence-electron chi connectivity index (χ4n) is 2.12. The molecule has 102 valence electrons. The average molecular weight is 312 g/mol. The van der Waals surface area contributed by atoms with E-state index in [1.165, 1.54) is 35.7 Å². The lowest BCUT2D eigenvalue weighted by molar-refractivity contribution is 0.302. The fraction of sp³-hybridized carbons (Fsp3) is 0.625. The molecule has 0 atom stereocenters. The van der Waals surface area contributed by atoms with E-state index in [1.54, 1.807) is 0 Å². The Bertz CT molecular complexity index is 347. The van der Waals surface area contributed by atoms with Crippen LogP contribution in [0.25, 0.3) is 0 Å². The molecule has 0 radical (unpaired) electrons. The third-order valence-corrected chi connectivity index (χ3v) is 4.11. The summed E-state index contributed by atoms with van der Waals surface area (Å²) >= 11 is 3.59. The Morgan fingerprint density at radius 3 is 2.56 bits per heavy atom. The van der Waals surface area contributed by atoms with Gasteiger partial charge in [0.25, 0.3) is 0 Å². The van der Waals surface area contributed by atoms with Crippen LogP contribution in [0.15, 0.2) is 28.7 Å². The quantitative estimate of drug-likeness (QED) is 0.655. The molecule has 1 rings (SSSR count). The highest BCUT2D eigenvalue weighted by atomic mass is 79.9. The first kappa shape index (κ1) is 15.7. The summed E-state index contributed by atoms with van der Waals surface area (Å²) < 4.78 is 1.20. The minimum atomic E-state index is 0.399. The lowest BCUT2D eigenvalue weighted by Gasteiger charge is -2.25. The maximum atomic E-state index is 3.59. The zero-order valence-electron chi connectivity index (χ0n) is 11.9. The summed E-state index contributed by atoms with van der Waals surface area (Å²) in [7, 11) is 0. The van der Waals surface area contributed by atoms with Gasteiger partial charge in [0.1, 0.15) is 0 Å². The number of hydrogen-bond acceptors (Lipinski definition) is 1. The van der Waals surface area contributed by atoms with Crippen molar-refractivity contribution in [1.29, 1.82) is 0 Å². The molecular formula is C16H26BrN. The molecule has 0 unspecified atom stereocenters. The first-order valence-corrected chi connectivity index (χ1v) is 7.78. The van der Waals surface area contributed by atoms with E-state index in [4.69, 9.17) is 0 Å². The Balaban J connectivity index is 2.30. The van der Waals surface area contributed by atoms with E-state index in [2.05, 4.69) is 66.3 Å². The van der Waals surface area contributed by atoms with Crippen LogP contribution in [0.2, 0.25) is 0 Å². The summed E-state index contributed by atoms with van der Waals surface area (Å²) in [6.07, 6.45) is 5.32. The van der Waals surface area contributed by atoms with Gasteiger partial charge < -0.3 is 5.32 Å². The molecule has 0 heterocycles. The molecule has 1 N–H and O–H groups in total. The second-order valence-corrected chi connectivity index (χ2v) is 6.67. The minimum Gasteiger partial charge on any atom is -0.312 e. The number of hydrogen-bond donors (Lipinski definition) is 1. The Kier molecular flexibility index (Phi) is 6.95. The third-order valence-electron chi connectivity index (χ3n) is 3.33. The van der Waals surface area contributed by atoms with Crippen LogP contribution in [0.5, 0.6) is 0 Å². The van der Waals surface area contributed by atoms with Crippen molar-refractivity contribution >= 4 is 15.9 Å². The lowest BCUT2D eigenvalue weighted by Crippen LogP contribution is -2.29. The Labute approximate surface area is 120 Å². The van der Waals surface area contributed by atoms with Crippen molar-refractivity contribution in [3.8, 4) is 0 Å². The van der Waals surface area contributed by atoms with Crippen molar-refractivity contribution < 1.29 is 0 Å². The normalized spacial score (nSPS) is 11.8. The maximum absolute atomic E-state index is 3.59. The van der Waals surface area contributed by atoms with Crippen molar-refractivity contribution in [2.24, 2.45) is 5.41 Å². The van der Waals surface area contributed by atoms with Gasteiger partial charge >= 0.3 is 0 Å². The van der Waals surface area contributed by atoms with E-state index in [1.807, 2.05) is 0 Å². The van der Waals surface area contributed by atoms with Crippen molar-refractivity contribution in [2.45, 2.75) is 53.0 Å². The number of nitrogens with one attached hydrogen (secondary N) is 1. The van der Waals surface area contributed by atoms with E-state index in [9.17, 15) is 0 Å². The predicted octanol–water partition coefficient (Wildman–Crippen LogP) is 5.15. The molecule has 0 fully saturated rings. The van der Waals surface area contributed by atoms with Gasteiger partial charge in [-0.2, -0.15) is 0 Å². The van der Waals surface area contributed by atoms with Crippen LogP contribution in [-0.4, -0.2) is 6.54 Å². The van der Waals surface area contributed by atoms with Crippen LogP contribution < -0.4 is 5.32 Å². The zero-order valence-corrected chi connectivity index (χ0v) is 13.5. The standard InChI is InChI=1S/C16H26BrN/c1-4-5-8-11-16(2,3)13-18-12-14-9-6-7-10-15(14)17/h6-7,9-10,18H,4-5,8,11-13H2,1-3H3. The number of benzene rings is 1. The Morgan fingerprint density at radius 2 is 1.89 bits per heavy atom. The molecule has 0 amide bonds. The topological polar surface area (TPSA) is 12.0 Å². The van der Waals surface area contributed by atoms with Crippen LogP contribution in [0.4, 0.5) is 0 Å². The van der Waals surface area contributed by atoms with E-state index < -0.39 is 0 Å². The van der Waals surface area contributed by atoms with Gasteiger partial charge in [-0.3, -0.25) is 0 Å². The molecule has 0 bridgehead atoms. The van der Waals surface area contributed by atoms with Crippen molar-refractivity contribution in [1.82, 2.24) is 5.32 Å². The van der Waals surface area contributed by atoms with Gasteiger partial charge in [0, 0.05) is 17.6 Å². The SMILES string of the molecule is CCCCCC(C)(C)CNCc1ccccc1Br. The van der Waals surface area contributed by atoms with E-state index in [0.717, 1.165) is 13.1 Å². The largest absolute Gasteiger partial charge is 0.312 e. The third kappa shape index (κ3) is 6.01. The molecule has 1 nitrogen and oxygen atoms in total. The number of unbranched alkanes of at least 4 members (excludes halogenated alkanes) is 2. The molecule has 1 aromatic carbocycles. The van der Waals surface area contributed by atoms with E-state index in [-0.39, 0.29) is 0 Å². The van der Waals surface area contributed by atoms with Crippen molar-refractivity contribution in [2.75, 3.05) is 6.54 Å². The first-order valence-electron chi connectivity index (χ1n) is 6.99.